The summed E-state index contributed by atoms with van der Waals surface area (Å²) in [7, 11) is 3.12. The van der Waals surface area contributed by atoms with Crippen LogP contribution in [0.5, 0.6) is 11.5 Å². The molecule has 194 valence electrons. The monoisotopic (exact) mass is 533 g/mol. The van der Waals surface area contributed by atoms with E-state index in [0.29, 0.717) is 49.5 Å². The van der Waals surface area contributed by atoms with E-state index < -0.39 is 5.97 Å². The number of carboxylic acid groups (broad SMARTS) is 1. The van der Waals surface area contributed by atoms with Gasteiger partial charge < -0.3 is 19.0 Å². The third-order valence-corrected chi connectivity index (χ3v) is 6.26. The van der Waals surface area contributed by atoms with Crippen LogP contribution in [0, 0.1) is 0 Å². The van der Waals surface area contributed by atoms with Crippen molar-refractivity contribution in [2.75, 3.05) is 14.2 Å². The van der Waals surface area contributed by atoms with E-state index in [-0.39, 0.29) is 11.3 Å². The third kappa shape index (κ3) is 5.62. The first-order chi connectivity index (χ1) is 18.2. The van der Waals surface area contributed by atoms with Gasteiger partial charge in [0, 0.05) is 29.7 Å². The van der Waals surface area contributed by atoms with Crippen molar-refractivity contribution in [1.82, 2.24) is 14.6 Å². The van der Waals surface area contributed by atoms with E-state index in [1.165, 1.54) is 22.8 Å². The SMILES string of the molecule is CC(=O)O.COc1ccc(-c2nc3sc(=Cc4ccc(-c5ccc(C(C)=O)cc5)o4)c(=O)n3n2)cc1OC. The molecule has 2 aromatic carbocycles. The summed E-state index contributed by atoms with van der Waals surface area (Å²) in [6, 6.07) is 16.1. The number of carbonyl (C=O) groups is 2. The fourth-order valence-corrected chi connectivity index (χ4v) is 4.40. The van der Waals surface area contributed by atoms with Crippen LogP contribution in [0.25, 0.3) is 33.7 Å². The number of furan rings is 1. The molecule has 0 unspecified atom stereocenters. The summed E-state index contributed by atoms with van der Waals surface area (Å²) < 4.78 is 18.2. The first kappa shape index (κ1) is 26.3. The van der Waals surface area contributed by atoms with E-state index in [2.05, 4.69) is 10.1 Å². The fraction of sp³-hybridized carbons (Fsp3) is 0.148. The molecular weight excluding hydrogens is 510 g/mol. The number of aromatic nitrogens is 3. The van der Waals surface area contributed by atoms with Crippen LogP contribution in [0.4, 0.5) is 0 Å². The molecule has 11 heteroatoms. The Bertz CT molecular complexity index is 1730. The van der Waals surface area contributed by atoms with Crippen LogP contribution in [0.2, 0.25) is 0 Å². The highest BCUT2D eigenvalue weighted by Gasteiger charge is 2.15. The second-order valence-corrected chi connectivity index (χ2v) is 8.98. The lowest BCUT2D eigenvalue weighted by molar-refractivity contribution is -0.134. The number of hydrogen-bond acceptors (Lipinski definition) is 9. The second kappa shape index (κ2) is 11.1. The number of methoxy groups -OCH3 is 2. The number of carbonyl (C=O) groups excluding carboxylic acids is 1. The summed E-state index contributed by atoms with van der Waals surface area (Å²) in [6.45, 7) is 2.61. The van der Waals surface area contributed by atoms with Gasteiger partial charge in [0.15, 0.2) is 23.1 Å². The van der Waals surface area contributed by atoms with Crippen molar-refractivity contribution in [3.05, 3.63) is 80.8 Å². The molecule has 10 nitrogen and oxygen atoms in total. The van der Waals surface area contributed by atoms with Crippen molar-refractivity contribution in [2.45, 2.75) is 13.8 Å². The van der Waals surface area contributed by atoms with Crippen LogP contribution in [-0.4, -0.2) is 45.7 Å². The zero-order valence-corrected chi connectivity index (χ0v) is 21.7. The molecule has 38 heavy (non-hydrogen) atoms. The van der Waals surface area contributed by atoms with Crippen LogP contribution in [0.15, 0.2) is 63.8 Å². The molecule has 5 aromatic rings. The number of rotatable bonds is 6. The van der Waals surface area contributed by atoms with Gasteiger partial charge in [-0.1, -0.05) is 35.6 Å². The maximum Gasteiger partial charge on any atom is 0.300 e. The number of nitrogens with zero attached hydrogens (tertiary/aromatic N) is 3. The number of thiazole rings is 1. The van der Waals surface area contributed by atoms with Crippen molar-refractivity contribution in [3.8, 4) is 34.2 Å². The summed E-state index contributed by atoms with van der Waals surface area (Å²) in [5, 5.41) is 11.8. The third-order valence-electron chi connectivity index (χ3n) is 5.30. The van der Waals surface area contributed by atoms with E-state index in [1.54, 1.807) is 50.6 Å². The molecule has 0 aliphatic rings. The summed E-state index contributed by atoms with van der Waals surface area (Å²) in [5.41, 5.74) is 1.92. The molecule has 0 aliphatic carbocycles. The predicted octanol–water partition coefficient (Wildman–Crippen LogP) is 3.94. The Labute approximate surface area is 220 Å². The van der Waals surface area contributed by atoms with Gasteiger partial charge >= 0.3 is 0 Å². The van der Waals surface area contributed by atoms with Gasteiger partial charge in [0.05, 0.1) is 14.2 Å². The Morgan fingerprint density at radius 2 is 1.63 bits per heavy atom. The van der Waals surface area contributed by atoms with Gasteiger partial charge in [-0.25, -0.2) is 0 Å². The average molecular weight is 534 g/mol. The maximum atomic E-state index is 12.9. The molecule has 0 bridgehead atoms. The summed E-state index contributed by atoms with van der Waals surface area (Å²) in [6.07, 6.45) is 1.67. The minimum absolute atomic E-state index is 0.00796. The van der Waals surface area contributed by atoms with E-state index in [1.807, 2.05) is 24.3 Å². The highest BCUT2D eigenvalue weighted by atomic mass is 32.1. The molecule has 0 saturated carbocycles. The number of ether oxygens (including phenoxy) is 2. The summed E-state index contributed by atoms with van der Waals surface area (Å²) in [5.74, 6) is 1.93. The lowest BCUT2D eigenvalue weighted by Gasteiger charge is -2.07. The Hall–Kier alpha value is -4.77. The normalized spacial score (nSPS) is 11.2. The van der Waals surface area contributed by atoms with Crippen molar-refractivity contribution in [1.29, 1.82) is 0 Å². The molecule has 3 aromatic heterocycles. The Balaban J connectivity index is 0.000000786. The van der Waals surface area contributed by atoms with Gasteiger partial charge in [-0.2, -0.15) is 9.50 Å². The van der Waals surface area contributed by atoms with Crippen LogP contribution >= 0.6 is 11.3 Å². The van der Waals surface area contributed by atoms with Crippen molar-refractivity contribution >= 4 is 34.1 Å². The van der Waals surface area contributed by atoms with Crippen molar-refractivity contribution in [3.63, 3.8) is 0 Å². The van der Waals surface area contributed by atoms with Gasteiger partial charge in [-0.3, -0.25) is 14.4 Å². The largest absolute Gasteiger partial charge is 0.493 e. The number of carboxylic acids is 1. The van der Waals surface area contributed by atoms with Gasteiger partial charge in [-0.15, -0.1) is 5.10 Å². The van der Waals surface area contributed by atoms with E-state index in [9.17, 15) is 9.59 Å². The Morgan fingerprint density at radius 1 is 0.974 bits per heavy atom. The first-order valence-electron chi connectivity index (χ1n) is 11.2. The maximum absolute atomic E-state index is 12.9. The molecule has 0 spiro atoms. The average Bonchev–Trinajstić information content (AvgIpc) is 3.60. The molecule has 0 fully saturated rings. The summed E-state index contributed by atoms with van der Waals surface area (Å²) >= 11 is 1.23. The molecule has 0 amide bonds. The Kier molecular flexibility index (Phi) is 7.68. The molecule has 0 aliphatic heterocycles. The number of aliphatic carboxylic acids is 1. The van der Waals surface area contributed by atoms with Crippen LogP contribution in [0.1, 0.15) is 30.0 Å². The predicted molar refractivity (Wildman–Crippen MR) is 142 cm³/mol. The zero-order valence-electron chi connectivity index (χ0n) is 20.9. The molecule has 0 radical (unpaired) electrons. The quantitative estimate of drug-likeness (QED) is 0.322. The van der Waals surface area contributed by atoms with E-state index >= 15 is 0 Å². The zero-order chi connectivity index (χ0) is 27.4. The highest BCUT2D eigenvalue weighted by Crippen LogP contribution is 2.31. The van der Waals surface area contributed by atoms with Crippen molar-refractivity contribution < 1.29 is 28.6 Å². The van der Waals surface area contributed by atoms with Crippen molar-refractivity contribution in [2.24, 2.45) is 0 Å². The van der Waals surface area contributed by atoms with Gasteiger partial charge in [0.2, 0.25) is 4.96 Å². The minimum atomic E-state index is -0.833. The number of fused-ring (bicyclic) bond motifs is 1. The highest BCUT2D eigenvalue weighted by molar-refractivity contribution is 7.15. The van der Waals surface area contributed by atoms with Crippen LogP contribution in [0.3, 0.4) is 0 Å². The first-order valence-corrected chi connectivity index (χ1v) is 12.1. The van der Waals surface area contributed by atoms with Crippen LogP contribution < -0.4 is 19.6 Å². The smallest absolute Gasteiger partial charge is 0.300 e. The molecule has 0 saturated heterocycles. The lowest BCUT2D eigenvalue weighted by atomic mass is 10.1. The van der Waals surface area contributed by atoms with Gasteiger partial charge in [0.25, 0.3) is 11.5 Å². The number of benzene rings is 2. The number of ketones is 1. The summed E-state index contributed by atoms with van der Waals surface area (Å²) in [4.78, 5) is 38.3. The second-order valence-electron chi connectivity index (χ2n) is 7.97. The standard InChI is InChI=1S/C25H19N3O5S.C2H4O2/c1-14(29)15-4-6-16(7-5-15)19-11-9-18(33-19)13-22-24(30)28-25(34-22)26-23(27-28)17-8-10-20(31-2)21(12-17)32-3;1-2(3)4/h4-13H,1-3H3;1H3,(H,3,4). The molecular formula is C27H23N3O7S. The minimum Gasteiger partial charge on any atom is -0.493 e. The number of Topliss-reactive ketones (excluding diaryl/α,β-unsaturated/α-hetero) is 1. The molecule has 5 rings (SSSR count). The molecule has 3 heterocycles. The fourth-order valence-electron chi connectivity index (χ4n) is 3.52. The van der Waals surface area contributed by atoms with Gasteiger partial charge in [0.1, 0.15) is 16.1 Å². The lowest BCUT2D eigenvalue weighted by Crippen LogP contribution is -2.23. The molecule has 1 N–H and O–H groups in total. The molecule has 0 atom stereocenters. The Morgan fingerprint density at radius 3 is 2.24 bits per heavy atom. The topological polar surface area (TPSA) is 133 Å². The number of hydrogen-bond donors (Lipinski definition) is 1. The van der Waals surface area contributed by atoms with E-state index in [4.69, 9.17) is 23.8 Å². The van der Waals surface area contributed by atoms with Crippen LogP contribution in [-0.2, 0) is 4.79 Å². The van der Waals surface area contributed by atoms with E-state index in [0.717, 1.165) is 12.5 Å². The van der Waals surface area contributed by atoms with Gasteiger partial charge in [-0.05, 0) is 37.3 Å².